The summed E-state index contributed by atoms with van der Waals surface area (Å²) in [5, 5.41) is 0. The normalized spacial score (nSPS) is 10.3. The highest BCUT2D eigenvalue weighted by Gasteiger charge is 2.11. The quantitative estimate of drug-likeness (QED) is 0.823. The Morgan fingerprint density at radius 3 is 2.47 bits per heavy atom. The Labute approximate surface area is 126 Å². The van der Waals surface area contributed by atoms with Gasteiger partial charge in [-0.15, -0.1) is 0 Å². The van der Waals surface area contributed by atoms with E-state index >= 15 is 0 Å². The third-order valence-electron chi connectivity index (χ3n) is 2.75. The molecule has 2 aromatic carbocycles. The highest BCUT2D eigenvalue weighted by atomic mass is 127. The zero-order chi connectivity index (χ0) is 13.7. The Hall–Kier alpha value is -1.27. The minimum Gasteiger partial charge on any atom is -0.493 e. The highest BCUT2D eigenvalue weighted by Crippen LogP contribution is 2.34. The molecule has 0 fully saturated rings. The number of benzene rings is 2. The molecule has 0 aliphatic heterocycles. The van der Waals surface area contributed by atoms with Crippen molar-refractivity contribution in [1.82, 2.24) is 0 Å². The van der Waals surface area contributed by atoms with Crippen LogP contribution in [-0.2, 0) is 13.2 Å². The van der Waals surface area contributed by atoms with E-state index in [1.54, 1.807) is 7.11 Å². The van der Waals surface area contributed by atoms with E-state index in [0.717, 1.165) is 26.2 Å². The third kappa shape index (κ3) is 3.61. The van der Waals surface area contributed by atoms with E-state index in [1.165, 1.54) is 0 Å². The summed E-state index contributed by atoms with van der Waals surface area (Å²) in [5.74, 6) is 1.49. The van der Waals surface area contributed by atoms with Gasteiger partial charge in [0.05, 0.1) is 10.7 Å². The van der Waals surface area contributed by atoms with Gasteiger partial charge in [-0.2, -0.15) is 0 Å². The summed E-state index contributed by atoms with van der Waals surface area (Å²) in [7, 11) is 1.64. The van der Waals surface area contributed by atoms with Gasteiger partial charge in [0.2, 0.25) is 0 Å². The Morgan fingerprint density at radius 2 is 1.84 bits per heavy atom. The lowest BCUT2D eigenvalue weighted by molar-refractivity contribution is 0.282. The highest BCUT2D eigenvalue weighted by molar-refractivity contribution is 14.1. The van der Waals surface area contributed by atoms with Crippen LogP contribution in [0.2, 0.25) is 0 Å². The zero-order valence-corrected chi connectivity index (χ0v) is 12.9. The molecular weight excluding hydrogens is 353 g/mol. The van der Waals surface area contributed by atoms with Gasteiger partial charge in [-0.25, -0.2) is 0 Å². The summed E-state index contributed by atoms with van der Waals surface area (Å²) >= 11 is 2.24. The maximum Gasteiger partial charge on any atom is 0.174 e. The summed E-state index contributed by atoms with van der Waals surface area (Å²) in [5.41, 5.74) is 7.82. The van der Waals surface area contributed by atoms with E-state index < -0.39 is 0 Å². The molecule has 0 aliphatic carbocycles. The molecule has 0 aliphatic rings. The van der Waals surface area contributed by atoms with Gasteiger partial charge < -0.3 is 15.2 Å². The average molecular weight is 369 g/mol. The summed E-state index contributed by atoms with van der Waals surface area (Å²) in [6, 6.07) is 14.0. The van der Waals surface area contributed by atoms with Crippen LogP contribution in [0.3, 0.4) is 0 Å². The summed E-state index contributed by atoms with van der Waals surface area (Å²) in [4.78, 5) is 0. The van der Waals surface area contributed by atoms with E-state index in [2.05, 4.69) is 22.6 Å². The van der Waals surface area contributed by atoms with E-state index in [-0.39, 0.29) is 0 Å². The molecule has 4 heteroatoms. The molecule has 0 amide bonds. The van der Waals surface area contributed by atoms with Gasteiger partial charge in [0.1, 0.15) is 6.61 Å². The lowest BCUT2D eigenvalue weighted by Crippen LogP contribution is -2.02. The average Bonchev–Trinajstić information content (AvgIpc) is 2.46. The van der Waals surface area contributed by atoms with Crippen molar-refractivity contribution >= 4 is 22.6 Å². The molecule has 0 aromatic heterocycles. The van der Waals surface area contributed by atoms with Crippen LogP contribution in [0.4, 0.5) is 0 Å². The van der Waals surface area contributed by atoms with Crippen LogP contribution < -0.4 is 15.2 Å². The molecule has 100 valence electrons. The van der Waals surface area contributed by atoms with Gasteiger partial charge in [-0.1, -0.05) is 30.3 Å². The number of hydrogen-bond donors (Lipinski definition) is 1. The molecule has 2 N–H and O–H groups in total. The van der Waals surface area contributed by atoms with Crippen LogP contribution in [0.1, 0.15) is 11.1 Å². The number of hydrogen-bond acceptors (Lipinski definition) is 3. The molecule has 0 saturated carbocycles. The fourth-order valence-electron chi connectivity index (χ4n) is 1.76. The lowest BCUT2D eigenvalue weighted by Gasteiger charge is -2.14. The topological polar surface area (TPSA) is 44.5 Å². The monoisotopic (exact) mass is 369 g/mol. The van der Waals surface area contributed by atoms with Crippen LogP contribution >= 0.6 is 22.6 Å². The first-order valence-corrected chi connectivity index (χ1v) is 7.05. The van der Waals surface area contributed by atoms with Gasteiger partial charge in [-0.3, -0.25) is 0 Å². The zero-order valence-electron chi connectivity index (χ0n) is 10.7. The first-order chi connectivity index (χ1) is 9.24. The predicted molar refractivity (Wildman–Crippen MR) is 84.4 cm³/mol. The third-order valence-corrected chi connectivity index (χ3v) is 3.55. The van der Waals surface area contributed by atoms with Gasteiger partial charge in [0.25, 0.3) is 0 Å². The van der Waals surface area contributed by atoms with Crippen LogP contribution in [0.25, 0.3) is 0 Å². The number of methoxy groups -OCH3 is 1. The number of ether oxygens (including phenoxy) is 2. The lowest BCUT2D eigenvalue weighted by atomic mass is 10.2. The molecule has 0 saturated heterocycles. The van der Waals surface area contributed by atoms with E-state index in [0.29, 0.717) is 13.2 Å². The first-order valence-electron chi connectivity index (χ1n) is 5.97. The fraction of sp³-hybridized carbons (Fsp3) is 0.200. The number of nitrogens with two attached hydrogens (primary N) is 1. The van der Waals surface area contributed by atoms with Crippen LogP contribution in [-0.4, -0.2) is 7.11 Å². The molecular formula is C15H16INO2. The Kier molecular flexibility index (Phi) is 5.04. The minimum absolute atomic E-state index is 0.491. The van der Waals surface area contributed by atoms with Crippen LogP contribution in [0.15, 0.2) is 42.5 Å². The van der Waals surface area contributed by atoms with Crippen molar-refractivity contribution in [3.63, 3.8) is 0 Å². The molecule has 0 atom stereocenters. The first kappa shape index (κ1) is 14.1. The van der Waals surface area contributed by atoms with Crippen molar-refractivity contribution in [2.75, 3.05) is 7.11 Å². The molecule has 0 radical (unpaired) electrons. The number of halogens is 1. The Bertz CT molecular complexity index is 543. The number of rotatable bonds is 5. The van der Waals surface area contributed by atoms with E-state index in [1.807, 2.05) is 42.5 Å². The van der Waals surface area contributed by atoms with Crippen molar-refractivity contribution in [3.05, 3.63) is 57.2 Å². The molecule has 2 aromatic rings. The smallest absolute Gasteiger partial charge is 0.174 e. The standard InChI is InChI=1S/C15H16INO2/c1-18-14-8-12(9-17)7-13(16)15(14)19-10-11-5-3-2-4-6-11/h2-8H,9-10,17H2,1H3. The van der Waals surface area contributed by atoms with Crippen LogP contribution in [0, 0.1) is 3.57 Å². The SMILES string of the molecule is COc1cc(CN)cc(I)c1OCc1ccccc1. The second kappa shape index (κ2) is 6.77. The largest absolute Gasteiger partial charge is 0.493 e. The molecule has 3 nitrogen and oxygen atoms in total. The predicted octanol–water partition coefficient (Wildman–Crippen LogP) is 3.34. The van der Waals surface area contributed by atoms with E-state index in [4.69, 9.17) is 15.2 Å². The molecule has 19 heavy (non-hydrogen) atoms. The molecule has 0 heterocycles. The second-order valence-electron chi connectivity index (χ2n) is 4.09. The van der Waals surface area contributed by atoms with Crippen molar-refractivity contribution in [2.24, 2.45) is 5.73 Å². The van der Waals surface area contributed by atoms with Crippen molar-refractivity contribution < 1.29 is 9.47 Å². The van der Waals surface area contributed by atoms with E-state index in [9.17, 15) is 0 Å². The minimum atomic E-state index is 0.491. The van der Waals surface area contributed by atoms with Gasteiger partial charge in [0, 0.05) is 6.54 Å². The Balaban J connectivity index is 2.20. The molecule has 0 spiro atoms. The summed E-state index contributed by atoms with van der Waals surface area (Å²) < 4.78 is 12.3. The van der Waals surface area contributed by atoms with Crippen LogP contribution in [0.5, 0.6) is 11.5 Å². The summed E-state index contributed by atoms with van der Waals surface area (Å²) in [6.45, 7) is 1.01. The molecule has 0 unspecified atom stereocenters. The molecule has 2 rings (SSSR count). The summed E-state index contributed by atoms with van der Waals surface area (Å²) in [6.07, 6.45) is 0. The van der Waals surface area contributed by atoms with Gasteiger partial charge in [0.15, 0.2) is 11.5 Å². The maximum absolute atomic E-state index is 5.87. The van der Waals surface area contributed by atoms with Crippen molar-refractivity contribution in [3.8, 4) is 11.5 Å². The fourth-order valence-corrected chi connectivity index (χ4v) is 2.58. The van der Waals surface area contributed by atoms with Gasteiger partial charge >= 0.3 is 0 Å². The van der Waals surface area contributed by atoms with Crippen molar-refractivity contribution in [1.29, 1.82) is 0 Å². The van der Waals surface area contributed by atoms with Gasteiger partial charge in [-0.05, 0) is 45.9 Å². The second-order valence-corrected chi connectivity index (χ2v) is 5.25. The molecule has 0 bridgehead atoms. The Morgan fingerprint density at radius 1 is 1.11 bits per heavy atom. The maximum atomic E-state index is 5.87. The van der Waals surface area contributed by atoms with Crippen molar-refractivity contribution in [2.45, 2.75) is 13.2 Å².